The largest absolute Gasteiger partial charge is 0.547 e. The van der Waals surface area contributed by atoms with Crippen molar-refractivity contribution in [3.8, 4) is 5.75 Å². The van der Waals surface area contributed by atoms with E-state index in [4.69, 9.17) is 18.9 Å². The molecule has 0 aromatic heterocycles. The minimum Gasteiger partial charge on any atom is -0.534 e. The number of nitrogens with one attached hydrogen (secondary N) is 1. The average molecular weight is 489 g/mol. The van der Waals surface area contributed by atoms with Gasteiger partial charge in [-0.2, -0.15) is 0 Å². The molecule has 35 heavy (non-hydrogen) atoms. The minimum atomic E-state index is -1.38. The number of carbonyl (C=O) groups is 4. The van der Waals surface area contributed by atoms with Crippen LogP contribution < -0.4 is 9.97 Å². The fourth-order valence-corrected chi connectivity index (χ4v) is 4.21. The average Bonchev–Trinajstić information content (AvgIpc) is 2.79. The van der Waals surface area contributed by atoms with Crippen molar-refractivity contribution in [3.05, 3.63) is 29.3 Å². The Kier molecular flexibility index (Phi) is 9.53. The summed E-state index contributed by atoms with van der Waals surface area (Å²) in [6, 6.07) is 4.82. The topological polar surface area (TPSA) is 137 Å². The van der Waals surface area contributed by atoms with Crippen molar-refractivity contribution in [2.75, 3.05) is 0 Å². The number of hydrogen-bond donors (Lipinski definition) is 2. The second-order valence-electron chi connectivity index (χ2n) is 8.95. The summed E-state index contributed by atoms with van der Waals surface area (Å²) in [5.41, 5.74) is 0.660. The Morgan fingerprint density at radius 1 is 1.14 bits per heavy atom. The number of ether oxygens (including phenoxy) is 3. The van der Waals surface area contributed by atoms with Crippen LogP contribution in [0.25, 0.3) is 0 Å². The number of hydrogen-bond acceptors (Lipinski definition) is 9. The number of carbonyl (C=O) groups excluding carboxylic acids is 4. The third-order valence-electron chi connectivity index (χ3n) is 5.97. The van der Waals surface area contributed by atoms with E-state index in [1.807, 2.05) is 0 Å². The van der Waals surface area contributed by atoms with Crippen LogP contribution in [0.4, 0.5) is 4.79 Å². The van der Waals surface area contributed by atoms with Crippen LogP contribution in [0.1, 0.15) is 81.1 Å². The molecule has 0 bridgehead atoms. The van der Waals surface area contributed by atoms with E-state index >= 15 is 0 Å². The Hall–Kier alpha value is -3.08. The minimum absolute atomic E-state index is 0.00742. The molecule has 1 fully saturated rings. The third-order valence-corrected chi connectivity index (χ3v) is 5.97. The van der Waals surface area contributed by atoms with Gasteiger partial charge >= 0.3 is 19.2 Å². The molecule has 0 spiro atoms. The Labute approximate surface area is 204 Å². The van der Waals surface area contributed by atoms with Crippen LogP contribution in [0.2, 0.25) is 0 Å². The number of benzene rings is 1. The molecule has 1 saturated carbocycles. The summed E-state index contributed by atoms with van der Waals surface area (Å²) in [7, 11) is -1.38. The zero-order valence-corrected chi connectivity index (χ0v) is 20.1. The maximum atomic E-state index is 12.7. The molecular weight excluding hydrogens is 457 g/mol. The highest BCUT2D eigenvalue weighted by atomic mass is 16.8. The van der Waals surface area contributed by atoms with Crippen molar-refractivity contribution in [2.24, 2.45) is 0 Å². The molecule has 0 saturated heterocycles. The van der Waals surface area contributed by atoms with E-state index in [9.17, 15) is 24.2 Å². The lowest BCUT2D eigenvalue weighted by molar-refractivity contribution is -0.122. The lowest BCUT2D eigenvalue weighted by atomic mass is 9.72. The second kappa shape index (κ2) is 12.6. The summed E-state index contributed by atoms with van der Waals surface area (Å²) < 4.78 is 21.1. The fraction of sp³-hybridized carbons (Fsp3) is 0.583. The Morgan fingerprint density at radius 2 is 1.89 bits per heavy atom. The van der Waals surface area contributed by atoms with Crippen molar-refractivity contribution in [3.63, 3.8) is 0 Å². The highest BCUT2D eigenvalue weighted by molar-refractivity contribution is 6.47. The number of esters is 1. The molecule has 2 aliphatic rings. The molecule has 1 aliphatic carbocycles. The van der Waals surface area contributed by atoms with Gasteiger partial charge in [0.05, 0.1) is 5.94 Å². The van der Waals surface area contributed by atoms with Gasteiger partial charge in [0.15, 0.2) is 0 Å². The summed E-state index contributed by atoms with van der Waals surface area (Å²) in [5, 5.41) is 13.1. The summed E-state index contributed by atoms with van der Waals surface area (Å²) in [6.45, 7) is 2.87. The van der Waals surface area contributed by atoms with Gasteiger partial charge in [-0.1, -0.05) is 18.6 Å². The SMILES string of the molecule is CC(=O)CCCC(=O)N[C@H]1Cc2cccc(C(=O)OC(C)OC(=O)OC3CCCCC3)c2OB1O. The zero-order valence-electron chi connectivity index (χ0n) is 20.1. The van der Waals surface area contributed by atoms with Crippen LogP contribution >= 0.6 is 0 Å². The predicted molar refractivity (Wildman–Crippen MR) is 125 cm³/mol. The number of fused-ring (bicyclic) bond motifs is 1. The van der Waals surface area contributed by atoms with Crippen molar-refractivity contribution in [2.45, 2.75) is 90.0 Å². The van der Waals surface area contributed by atoms with Gasteiger partial charge in [-0.15, -0.1) is 0 Å². The van der Waals surface area contributed by atoms with Gasteiger partial charge in [0.1, 0.15) is 23.2 Å². The normalized spacial score (nSPS) is 18.5. The molecule has 1 unspecified atom stereocenters. The monoisotopic (exact) mass is 489 g/mol. The number of para-hydroxylation sites is 1. The first-order valence-corrected chi connectivity index (χ1v) is 12.1. The first-order chi connectivity index (χ1) is 16.7. The van der Waals surface area contributed by atoms with Gasteiger partial charge < -0.3 is 34.0 Å². The molecule has 3 rings (SSSR count). The molecule has 2 N–H and O–H groups in total. The molecule has 1 aromatic carbocycles. The highest BCUT2D eigenvalue weighted by Crippen LogP contribution is 2.31. The highest BCUT2D eigenvalue weighted by Gasteiger charge is 2.38. The Morgan fingerprint density at radius 3 is 2.60 bits per heavy atom. The van der Waals surface area contributed by atoms with Gasteiger partial charge in [0.2, 0.25) is 12.2 Å². The van der Waals surface area contributed by atoms with Crippen molar-refractivity contribution in [1.29, 1.82) is 0 Å². The lowest BCUT2D eigenvalue weighted by Gasteiger charge is -2.29. The standard InChI is InChI=1S/C24H32BNO9/c1-15(27)8-6-13-21(28)26-20-14-17-9-7-12-19(22(17)35-25(20)31)23(29)32-16(2)33-24(30)34-18-10-4-3-5-11-18/h7,9,12,16,18,20,31H,3-6,8,10-11,13-14H2,1-2H3,(H,26,28)/t16?,20-/m0/s1. The maximum absolute atomic E-state index is 12.7. The predicted octanol–water partition coefficient (Wildman–Crippen LogP) is 2.87. The van der Waals surface area contributed by atoms with E-state index in [1.54, 1.807) is 12.1 Å². The van der Waals surface area contributed by atoms with Crippen LogP contribution in [0, 0.1) is 0 Å². The molecule has 1 aliphatic heterocycles. The van der Waals surface area contributed by atoms with E-state index in [-0.39, 0.29) is 41.9 Å². The van der Waals surface area contributed by atoms with Crippen LogP contribution in [0.15, 0.2) is 18.2 Å². The van der Waals surface area contributed by atoms with Gasteiger partial charge in [-0.3, -0.25) is 4.79 Å². The van der Waals surface area contributed by atoms with E-state index in [2.05, 4.69) is 5.32 Å². The molecular formula is C24H32BNO9. The molecule has 2 atom stereocenters. The first kappa shape index (κ1) is 26.5. The van der Waals surface area contributed by atoms with Gasteiger partial charge in [-0.05, 0) is 57.1 Å². The van der Waals surface area contributed by atoms with E-state index < -0.39 is 31.5 Å². The molecule has 1 heterocycles. The summed E-state index contributed by atoms with van der Waals surface area (Å²) in [5.74, 6) is -1.66. The van der Waals surface area contributed by atoms with Crippen LogP contribution in [0.3, 0.4) is 0 Å². The number of Topliss-reactive ketones (excluding diaryl/α,β-unsaturated/α-hetero) is 1. The van der Waals surface area contributed by atoms with E-state index in [0.717, 1.165) is 32.1 Å². The molecule has 1 amide bonds. The van der Waals surface area contributed by atoms with Crippen LogP contribution in [-0.2, 0) is 30.2 Å². The molecule has 10 nitrogen and oxygen atoms in total. The summed E-state index contributed by atoms with van der Waals surface area (Å²) in [4.78, 5) is 47.9. The molecule has 190 valence electrons. The lowest BCUT2D eigenvalue weighted by Crippen LogP contribution is -2.53. The number of amides is 1. The zero-order chi connectivity index (χ0) is 25.4. The van der Waals surface area contributed by atoms with Crippen LogP contribution in [-0.4, -0.2) is 54.3 Å². The molecule has 1 aromatic rings. The number of ketones is 1. The Bertz CT molecular complexity index is 932. The van der Waals surface area contributed by atoms with Crippen molar-refractivity contribution >= 4 is 30.9 Å². The number of rotatable bonds is 9. The fourth-order valence-electron chi connectivity index (χ4n) is 4.21. The van der Waals surface area contributed by atoms with Crippen molar-refractivity contribution in [1.82, 2.24) is 5.32 Å². The smallest absolute Gasteiger partial charge is 0.534 e. The molecule has 11 heteroatoms. The van der Waals surface area contributed by atoms with Crippen LogP contribution in [0.5, 0.6) is 5.75 Å². The Balaban J connectivity index is 1.54. The third kappa shape index (κ3) is 7.98. The van der Waals surface area contributed by atoms with E-state index in [1.165, 1.54) is 19.9 Å². The summed E-state index contributed by atoms with van der Waals surface area (Å²) in [6.07, 6.45) is 3.56. The van der Waals surface area contributed by atoms with Crippen molar-refractivity contribution < 1.29 is 43.1 Å². The summed E-state index contributed by atoms with van der Waals surface area (Å²) >= 11 is 0. The van der Waals surface area contributed by atoms with Gasteiger partial charge in [-0.25, -0.2) is 9.59 Å². The second-order valence-corrected chi connectivity index (χ2v) is 8.95. The maximum Gasteiger partial charge on any atom is 0.547 e. The quantitative estimate of drug-likeness (QED) is 0.305. The van der Waals surface area contributed by atoms with E-state index in [0.29, 0.717) is 18.4 Å². The van der Waals surface area contributed by atoms with Gasteiger partial charge in [0.25, 0.3) is 0 Å². The molecule has 0 radical (unpaired) electrons. The first-order valence-electron chi connectivity index (χ1n) is 12.1. The van der Waals surface area contributed by atoms with Gasteiger partial charge in [0, 0.05) is 19.8 Å².